The molecule has 0 bridgehead atoms. The molecule has 0 fully saturated rings. The predicted octanol–water partition coefficient (Wildman–Crippen LogP) is 3.35. The number of benzene rings is 1. The fourth-order valence-corrected chi connectivity index (χ4v) is 3.43. The average molecular weight is 480 g/mol. The Morgan fingerprint density at radius 2 is 1.89 bits per heavy atom. The van der Waals surface area contributed by atoms with Crippen molar-refractivity contribution >= 4 is 40.8 Å². The van der Waals surface area contributed by atoms with Crippen molar-refractivity contribution in [2.45, 2.75) is 33.7 Å². The number of aromatic nitrogens is 3. The molecule has 27 heavy (non-hydrogen) atoms. The van der Waals surface area contributed by atoms with Crippen molar-refractivity contribution in [3.63, 3.8) is 0 Å². The molecule has 0 aliphatic heterocycles. The molecule has 0 spiro atoms. The van der Waals surface area contributed by atoms with Crippen molar-refractivity contribution in [3.8, 4) is 0 Å². The molecule has 7 heteroatoms. The van der Waals surface area contributed by atoms with Crippen LogP contribution in [0.2, 0.25) is 0 Å². The molecule has 6 nitrogen and oxygen atoms in total. The predicted molar refractivity (Wildman–Crippen MR) is 123 cm³/mol. The Balaban J connectivity index is 0.00000261. The number of aromatic amines is 1. The maximum absolute atomic E-state index is 4.46. The van der Waals surface area contributed by atoms with Gasteiger partial charge in [-0.05, 0) is 38.8 Å². The van der Waals surface area contributed by atoms with Gasteiger partial charge in [-0.1, -0.05) is 18.2 Å². The van der Waals surface area contributed by atoms with Gasteiger partial charge in [0.25, 0.3) is 0 Å². The first kappa shape index (κ1) is 21.3. The van der Waals surface area contributed by atoms with Gasteiger partial charge in [-0.25, -0.2) is 0 Å². The van der Waals surface area contributed by atoms with E-state index in [9.17, 15) is 0 Å². The summed E-state index contributed by atoms with van der Waals surface area (Å²) in [5.74, 6) is 0.810. The van der Waals surface area contributed by atoms with Crippen LogP contribution in [-0.4, -0.2) is 34.3 Å². The summed E-state index contributed by atoms with van der Waals surface area (Å²) < 4.78 is 1.92. The third-order valence-electron chi connectivity index (χ3n) is 5.01. The largest absolute Gasteiger partial charge is 0.358 e. The molecule has 0 unspecified atom stereocenters. The third kappa shape index (κ3) is 4.63. The van der Waals surface area contributed by atoms with Crippen molar-refractivity contribution in [1.29, 1.82) is 0 Å². The highest BCUT2D eigenvalue weighted by atomic mass is 127. The van der Waals surface area contributed by atoms with Crippen molar-refractivity contribution in [2.75, 3.05) is 13.6 Å². The molecule has 0 saturated heterocycles. The first-order chi connectivity index (χ1) is 12.5. The first-order valence-electron chi connectivity index (χ1n) is 9.01. The summed E-state index contributed by atoms with van der Waals surface area (Å²) in [7, 11) is 3.78. The molecule has 0 atom stereocenters. The van der Waals surface area contributed by atoms with Crippen molar-refractivity contribution < 1.29 is 0 Å². The van der Waals surface area contributed by atoms with Crippen LogP contribution in [0, 0.1) is 20.8 Å². The summed E-state index contributed by atoms with van der Waals surface area (Å²) >= 11 is 0. The number of para-hydroxylation sites is 1. The van der Waals surface area contributed by atoms with E-state index in [-0.39, 0.29) is 24.0 Å². The minimum absolute atomic E-state index is 0. The van der Waals surface area contributed by atoms with E-state index in [2.05, 4.69) is 63.8 Å². The lowest BCUT2D eigenvalue weighted by Crippen LogP contribution is -2.38. The molecular weight excluding hydrogens is 451 g/mol. The summed E-state index contributed by atoms with van der Waals surface area (Å²) in [6.07, 6.45) is 0.946. The fraction of sp³-hybridized carbons (Fsp3) is 0.400. The summed E-state index contributed by atoms with van der Waals surface area (Å²) in [4.78, 5) is 7.79. The van der Waals surface area contributed by atoms with Crippen molar-refractivity contribution in [1.82, 2.24) is 25.4 Å². The second kappa shape index (κ2) is 9.25. The van der Waals surface area contributed by atoms with Gasteiger partial charge < -0.3 is 15.6 Å². The number of aryl methyl sites for hydroxylation is 3. The second-order valence-corrected chi connectivity index (χ2v) is 6.65. The van der Waals surface area contributed by atoms with Crippen molar-refractivity contribution in [2.24, 2.45) is 12.0 Å². The van der Waals surface area contributed by atoms with Gasteiger partial charge in [-0.3, -0.25) is 9.67 Å². The monoisotopic (exact) mass is 480 g/mol. The quantitative estimate of drug-likeness (QED) is 0.298. The van der Waals surface area contributed by atoms with E-state index in [0.717, 1.165) is 31.2 Å². The van der Waals surface area contributed by atoms with Crippen LogP contribution in [0.25, 0.3) is 10.9 Å². The molecular formula is C20H29IN6. The molecule has 3 rings (SSSR count). The zero-order chi connectivity index (χ0) is 18.7. The Morgan fingerprint density at radius 1 is 1.15 bits per heavy atom. The van der Waals surface area contributed by atoms with Gasteiger partial charge in [0.2, 0.25) is 0 Å². The number of rotatable bonds is 5. The van der Waals surface area contributed by atoms with Crippen LogP contribution >= 0.6 is 24.0 Å². The first-order valence-corrected chi connectivity index (χ1v) is 9.01. The van der Waals surface area contributed by atoms with E-state index >= 15 is 0 Å². The fourth-order valence-electron chi connectivity index (χ4n) is 3.43. The van der Waals surface area contributed by atoms with E-state index < -0.39 is 0 Å². The van der Waals surface area contributed by atoms with Crippen molar-refractivity contribution in [3.05, 3.63) is 52.5 Å². The molecule has 3 aromatic rings. The highest BCUT2D eigenvalue weighted by Gasteiger charge is 2.10. The number of hydrogen-bond donors (Lipinski definition) is 3. The molecule has 0 saturated carbocycles. The maximum Gasteiger partial charge on any atom is 0.191 e. The summed E-state index contributed by atoms with van der Waals surface area (Å²) in [5.41, 5.74) is 7.26. The van der Waals surface area contributed by atoms with Gasteiger partial charge in [-0.15, -0.1) is 24.0 Å². The van der Waals surface area contributed by atoms with Gasteiger partial charge in [-0.2, -0.15) is 5.10 Å². The SMILES string of the molecule is CN=C(NCCc1c(C)[nH]c2ccccc12)NCc1c(C)nn(C)c1C.I. The maximum atomic E-state index is 4.46. The number of fused-ring (bicyclic) bond motifs is 1. The molecule has 0 aliphatic rings. The Morgan fingerprint density at radius 3 is 2.56 bits per heavy atom. The minimum Gasteiger partial charge on any atom is -0.358 e. The smallest absolute Gasteiger partial charge is 0.191 e. The topological polar surface area (TPSA) is 70.0 Å². The molecule has 0 radical (unpaired) electrons. The number of halogens is 1. The van der Waals surface area contributed by atoms with Gasteiger partial charge in [0.15, 0.2) is 5.96 Å². The Kier molecular flexibility index (Phi) is 7.29. The lowest BCUT2D eigenvalue weighted by molar-refractivity contribution is 0.728. The standard InChI is InChI=1S/C20H28N6.HI/c1-13-16(17-8-6-7-9-19(17)24-13)10-11-22-20(21-4)23-12-18-14(2)25-26(5)15(18)3;/h6-9,24H,10-12H2,1-5H3,(H2,21,22,23);1H. The Labute approximate surface area is 177 Å². The molecule has 0 amide bonds. The Bertz CT molecular complexity index is 937. The minimum atomic E-state index is 0. The zero-order valence-electron chi connectivity index (χ0n) is 16.7. The summed E-state index contributed by atoms with van der Waals surface area (Å²) in [6.45, 7) is 7.81. The van der Waals surface area contributed by atoms with E-state index in [4.69, 9.17) is 0 Å². The van der Waals surface area contributed by atoms with E-state index in [1.54, 1.807) is 7.05 Å². The van der Waals surface area contributed by atoms with Gasteiger partial charge in [0.05, 0.1) is 5.69 Å². The molecule has 2 heterocycles. The molecule has 1 aromatic carbocycles. The molecule has 146 valence electrons. The van der Waals surface area contributed by atoms with Crippen LogP contribution in [0.5, 0.6) is 0 Å². The second-order valence-electron chi connectivity index (χ2n) is 6.65. The molecule has 0 aliphatic carbocycles. The number of H-pyrrole nitrogens is 1. The van der Waals surface area contributed by atoms with Gasteiger partial charge in [0.1, 0.15) is 0 Å². The molecule has 3 N–H and O–H groups in total. The lowest BCUT2D eigenvalue weighted by Gasteiger charge is -2.12. The van der Waals surface area contributed by atoms with Gasteiger partial charge in [0, 0.05) is 55.0 Å². The van der Waals surface area contributed by atoms with Crippen LogP contribution < -0.4 is 10.6 Å². The van der Waals surface area contributed by atoms with Crippen LogP contribution in [0.15, 0.2) is 29.3 Å². The van der Waals surface area contributed by atoms with Gasteiger partial charge >= 0.3 is 0 Å². The number of nitrogens with one attached hydrogen (secondary N) is 3. The van der Waals surface area contributed by atoms with E-state index in [1.807, 2.05) is 18.7 Å². The van der Waals surface area contributed by atoms with Crippen LogP contribution in [0.1, 0.15) is 28.2 Å². The number of aliphatic imine (C=N–C) groups is 1. The Hall–Kier alpha value is -2.03. The van der Waals surface area contributed by atoms with E-state index in [1.165, 1.54) is 33.4 Å². The van der Waals surface area contributed by atoms with E-state index in [0.29, 0.717) is 0 Å². The average Bonchev–Trinajstić information content (AvgIpc) is 3.07. The highest BCUT2D eigenvalue weighted by Crippen LogP contribution is 2.21. The van der Waals surface area contributed by atoms with Crippen LogP contribution in [0.3, 0.4) is 0 Å². The third-order valence-corrected chi connectivity index (χ3v) is 5.01. The molecule has 2 aromatic heterocycles. The number of hydrogen-bond acceptors (Lipinski definition) is 2. The lowest BCUT2D eigenvalue weighted by atomic mass is 10.1. The summed E-state index contributed by atoms with van der Waals surface area (Å²) in [5, 5.41) is 12.6. The number of guanidine groups is 1. The summed E-state index contributed by atoms with van der Waals surface area (Å²) in [6, 6.07) is 8.45. The number of nitrogens with zero attached hydrogens (tertiary/aromatic N) is 3. The van der Waals surface area contributed by atoms with Crippen LogP contribution in [0.4, 0.5) is 0 Å². The van der Waals surface area contributed by atoms with Crippen LogP contribution in [-0.2, 0) is 20.0 Å². The highest BCUT2D eigenvalue weighted by molar-refractivity contribution is 14.0. The normalized spacial score (nSPS) is 11.5. The zero-order valence-corrected chi connectivity index (χ0v) is 19.0.